The monoisotopic (exact) mass is 136 g/mol. The maximum atomic E-state index is 5.94. The fraction of sp³-hybridized carbons (Fsp3) is 1.00. The standard InChI is InChI=1S/C9H17B/c1-7-4-3-5-9(10)8(2)6-7/h7-9H,3-6H2,1-2H3. The molecule has 1 fully saturated rings. The average molecular weight is 136 g/mol. The summed E-state index contributed by atoms with van der Waals surface area (Å²) in [5, 5.41) is 0. The van der Waals surface area contributed by atoms with E-state index in [1.807, 2.05) is 0 Å². The largest absolute Gasteiger partial charge is 0.0749 e. The van der Waals surface area contributed by atoms with Crippen molar-refractivity contribution in [3.8, 4) is 0 Å². The summed E-state index contributed by atoms with van der Waals surface area (Å²) in [4.78, 5) is 0. The van der Waals surface area contributed by atoms with E-state index in [0.717, 1.165) is 11.8 Å². The minimum atomic E-state index is 0.477. The van der Waals surface area contributed by atoms with Crippen LogP contribution in [0, 0.1) is 11.8 Å². The topological polar surface area (TPSA) is 0 Å². The van der Waals surface area contributed by atoms with Gasteiger partial charge in [0.15, 0.2) is 0 Å². The van der Waals surface area contributed by atoms with Gasteiger partial charge in [-0.3, -0.25) is 0 Å². The van der Waals surface area contributed by atoms with Crippen LogP contribution in [-0.2, 0) is 0 Å². The molecule has 1 heteroatoms. The SMILES string of the molecule is [B]C1CCCC(C)CC1C. The minimum absolute atomic E-state index is 0.477. The van der Waals surface area contributed by atoms with Gasteiger partial charge in [0.05, 0.1) is 7.85 Å². The molecule has 3 atom stereocenters. The molecule has 2 radical (unpaired) electrons. The van der Waals surface area contributed by atoms with Crippen LogP contribution in [0.3, 0.4) is 0 Å². The summed E-state index contributed by atoms with van der Waals surface area (Å²) in [6, 6.07) is 0. The fourth-order valence-electron chi connectivity index (χ4n) is 1.91. The molecule has 1 aliphatic rings. The van der Waals surface area contributed by atoms with E-state index in [4.69, 9.17) is 7.85 Å². The first-order chi connectivity index (χ1) is 4.70. The number of hydrogen-bond acceptors (Lipinski definition) is 0. The lowest BCUT2D eigenvalue weighted by molar-refractivity contribution is 0.423. The zero-order valence-electron chi connectivity index (χ0n) is 7.14. The molecule has 0 aromatic carbocycles. The van der Waals surface area contributed by atoms with Gasteiger partial charge in [0.1, 0.15) is 0 Å². The first-order valence-corrected chi connectivity index (χ1v) is 4.45. The van der Waals surface area contributed by atoms with Crippen molar-refractivity contribution in [2.75, 3.05) is 0 Å². The molecule has 0 aromatic heterocycles. The van der Waals surface area contributed by atoms with Crippen LogP contribution in [0.1, 0.15) is 39.5 Å². The third-order valence-electron chi connectivity index (χ3n) is 2.74. The van der Waals surface area contributed by atoms with Crippen LogP contribution in [0.25, 0.3) is 0 Å². The van der Waals surface area contributed by atoms with E-state index in [2.05, 4.69) is 13.8 Å². The van der Waals surface area contributed by atoms with Crippen molar-refractivity contribution in [1.29, 1.82) is 0 Å². The quantitative estimate of drug-likeness (QED) is 0.354. The summed E-state index contributed by atoms with van der Waals surface area (Å²) >= 11 is 0. The molecule has 0 N–H and O–H groups in total. The Balaban J connectivity index is 2.41. The molecule has 0 aromatic rings. The second-order valence-corrected chi connectivity index (χ2v) is 3.91. The third-order valence-corrected chi connectivity index (χ3v) is 2.74. The van der Waals surface area contributed by atoms with Crippen LogP contribution in [0.5, 0.6) is 0 Å². The molecule has 0 nitrogen and oxygen atoms in total. The van der Waals surface area contributed by atoms with Crippen molar-refractivity contribution in [1.82, 2.24) is 0 Å². The highest BCUT2D eigenvalue weighted by Gasteiger charge is 2.18. The van der Waals surface area contributed by atoms with Crippen molar-refractivity contribution >= 4 is 7.85 Å². The van der Waals surface area contributed by atoms with Crippen molar-refractivity contribution in [3.63, 3.8) is 0 Å². The van der Waals surface area contributed by atoms with Crippen molar-refractivity contribution in [3.05, 3.63) is 0 Å². The second kappa shape index (κ2) is 3.45. The Hall–Kier alpha value is 0.0649. The summed E-state index contributed by atoms with van der Waals surface area (Å²) in [7, 11) is 5.94. The molecule has 56 valence electrons. The summed E-state index contributed by atoms with van der Waals surface area (Å²) < 4.78 is 0. The highest BCUT2D eigenvalue weighted by atomic mass is 14.2. The molecule has 10 heavy (non-hydrogen) atoms. The predicted octanol–water partition coefficient (Wildman–Crippen LogP) is 2.79. The first kappa shape index (κ1) is 8.16. The smallest absolute Gasteiger partial charge is 0.0703 e. The molecule has 1 saturated carbocycles. The van der Waals surface area contributed by atoms with Crippen LogP contribution < -0.4 is 0 Å². The van der Waals surface area contributed by atoms with Crippen LogP contribution in [0.15, 0.2) is 0 Å². The van der Waals surface area contributed by atoms with Crippen molar-refractivity contribution < 1.29 is 0 Å². The normalized spacial score (nSPS) is 42.8. The van der Waals surface area contributed by atoms with Gasteiger partial charge in [0.2, 0.25) is 0 Å². The van der Waals surface area contributed by atoms with Gasteiger partial charge >= 0.3 is 0 Å². The van der Waals surface area contributed by atoms with Crippen molar-refractivity contribution in [2.45, 2.75) is 45.3 Å². The van der Waals surface area contributed by atoms with E-state index in [9.17, 15) is 0 Å². The van der Waals surface area contributed by atoms with Gasteiger partial charge in [-0.25, -0.2) is 0 Å². The molecule has 0 saturated heterocycles. The molecule has 0 aliphatic heterocycles. The fourth-order valence-corrected chi connectivity index (χ4v) is 1.91. The van der Waals surface area contributed by atoms with Gasteiger partial charge in [0.25, 0.3) is 0 Å². The molecular formula is C9H17B. The lowest BCUT2D eigenvalue weighted by Gasteiger charge is -2.17. The van der Waals surface area contributed by atoms with Gasteiger partial charge < -0.3 is 0 Å². The summed E-state index contributed by atoms with van der Waals surface area (Å²) in [6.07, 6.45) is 5.30. The van der Waals surface area contributed by atoms with E-state index in [-0.39, 0.29) is 0 Å². The Bertz CT molecular complexity index is 101. The molecule has 0 amide bonds. The molecule has 0 spiro atoms. The predicted molar refractivity (Wildman–Crippen MR) is 46.3 cm³/mol. The number of rotatable bonds is 0. The maximum absolute atomic E-state index is 5.94. The molecule has 0 bridgehead atoms. The van der Waals surface area contributed by atoms with Crippen LogP contribution in [0.4, 0.5) is 0 Å². The van der Waals surface area contributed by atoms with E-state index < -0.39 is 0 Å². The lowest BCUT2D eigenvalue weighted by atomic mass is 9.74. The lowest BCUT2D eigenvalue weighted by Crippen LogP contribution is -2.05. The Kier molecular flexibility index (Phi) is 2.82. The van der Waals surface area contributed by atoms with E-state index in [1.54, 1.807) is 0 Å². The first-order valence-electron chi connectivity index (χ1n) is 4.45. The Morgan fingerprint density at radius 1 is 1.20 bits per heavy atom. The highest BCUT2D eigenvalue weighted by Crippen LogP contribution is 2.33. The maximum Gasteiger partial charge on any atom is 0.0703 e. The molecule has 3 unspecified atom stereocenters. The molecule has 1 rings (SSSR count). The van der Waals surface area contributed by atoms with Crippen LogP contribution in [0.2, 0.25) is 5.82 Å². The Labute approximate surface area is 65.8 Å². The van der Waals surface area contributed by atoms with Gasteiger partial charge in [-0.15, -0.1) is 0 Å². The summed E-state index contributed by atoms with van der Waals surface area (Å²) in [5.41, 5.74) is 0. The summed E-state index contributed by atoms with van der Waals surface area (Å²) in [5.74, 6) is 2.13. The van der Waals surface area contributed by atoms with Crippen LogP contribution >= 0.6 is 0 Å². The van der Waals surface area contributed by atoms with Gasteiger partial charge in [-0.1, -0.05) is 38.9 Å². The van der Waals surface area contributed by atoms with Gasteiger partial charge in [-0.2, -0.15) is 0 Å². The minimum Gasteiger partial charge on any atom is -0.0749 e. The molecular weight excluding hydrogens is 119 g/mol. The van der Waals surface area contributed by atoms with Crippen LogP contribution in [-0.4, -0.2) is 7.85 Å². The molecule has 1 aliphatic carbocycles. The van der Waals surface area contributed by atoms with E-state index >= 15 is 0 Å². The van der Waals surface area contributed by atoms with Gasteiger partial charge in [0, 0.05) is 0 Å². The third kappa shape index (κ3) is 2.03. The van der Waals surface area contributed by atoms with Crippen molar-refractivity contribution in [2.24, 2.45) is 11.8 Å². The molecule has 0 heterocycles. The second-order valence-electron chi connectivity index (χ2n) is 3.91. The Morgan fingerprint density at radius 2 is 1.90 bits per heavy atom. The van der Waals surface area contributed by atoms with Gasteiger partial charge in [-0.05, 0) is 18.3 Å². The van der Waals surface area contributed by atoms with E-state index in [0.29, 0.717) is 5.82 Å². The summed E-state index contributed by atoms with van der Waals surface area (Å²) in [6.45, 7) is 4.63. The zero-order valence-corrected chi connectivity index (χ0v) is 7.14. The Morgan fingerprint density at radius 3 is 2.60 bits per heavy atom. The average Bonchev–Trinajstić information content (AvgIpc) is 1.96. The van der Waals surface area contributed by atoms with E-state index in [1.165, 1.54) is 25.7 Å². The zero-order chi connectivity index (χ0) is 7.56. The highest BCUT2D eigenvalue weighted by molar-refractivity contribution is 6.11. The number of hydrogen-bond donors (Lipinski definition) is 0.